The lowest BCUT2D eigenvalue weighted by molar-refractivity contribution is -0.116. The third kappa shape index (κ3) is 1.65. The summed E-state index contributed by atoms with van der Waals surface area (Å²) >= 11 is 0. The number of hydrogen-bond donors (Lipinski definition) is 1. The summed E-state index contributed by atoms with van der Waals surface area (Å²) in [5, 5.41) is 5.41. The minimum absolute atomic E-state index is 0.150. The Morgan fingerprint density at radius 1 is 1.36 bits per heavy atom. The molecular formula is C12H15NO. The Bertz CT molecular complexity index is 436. The SMILES string of the molecule is CCCCCC(=O)Nc1cc2ccc1=2. The van der Waals surface area contributed by atoms with Gasteiger partial charge in [0.2, 0.25) is 5.91 Å². The largest absolute Gasteiger partial charge is 0.325 e. The van der Waals surface area contributed by atoms with Gasteiger partial charge < -0.3 is 5.32 Å². The van der Waals surface area contributed by atoms with Crippen molar-refractivity contribution in [3.63, 3.8) is 0 Å². The third-order valence-electron chi connectivity index (χ3n) is 2.61. The molecule has 0 aliphatic heterocycles. The molecule has 0 unspecified atom stereocenters. The number of benzene rings is 1. The van der Waals surface area contributed by atoms with Crippen LogP contribution < -0.4 is 5.32 Å². The highest BCUT2D eigenvalue weighted by Gasteiger charge is 2.08. The summed E-state index contributed by atoms with van der Waals surface area (Å²) in [7, 11) is 0. The molecule has 0 aromatic rings. The van der Waals surface area contributed by atoms with E-state index in [9.17, 15) is 4.79 Å². The van der Waals surface area contributed by atoms with Gasteiger partial charge in [0.1, 0.15) is 0 Å². The summed E-state index contributed by atoms with van der Waals surface area (Å²) in [6, 6.07) is 6.12. The number of rotatable bonds is 5. The normalized spacial score (nSPS) is 11.2. The maximum atomic E-state index is 11.4. The molecule has 1 amide bonds. The van der Waals surface area contributed by atoms with Gasteiger partial charge >= 0.3 is 0 Å². The smallest absolute Gasteiger partial charge is 0.224 e. The van der Waals surface area contributed by atoms with Crippen molar-refractivity contribution in [1.29, 1.82) is 0 Å². The van der Waals surface area contributed by atoms with Crippen molar-refractivity contribution < 1.29 is 4.79 Å². The van der Waals surface area contributed by atoms with Crippen LogP contribution in [0.4, 0.5) is 5.69 Å². The summed E-state index contributed by atoms with van der Waals surface area (Å²) in [4.78, 5) is 11.4. The molecule has 0 fully saturated rings. The van der Waals surface area contributed by atoms with E-state index in [1.54, 1.807) is 0 Å². The van der Waals surface area contributed by atoms with Gasteiger partial charge in [0.25, 0.3) is 0 Å². The quantitative estimate of drug-likeness (QED) is 0.720. The average molecular weight is 189 g/mol. The molecule has 0 aromatic heterocycles. The second kappa shape index (κ2) is 3.82. The lowest BCUT2D eigenvalue weighted by atomic mass is 10.0. The van der Waals surface area contributed by atoms with Gasteiger partial charge in [-0.05, 0) is 17.7 Å². The first-order valence-corrected chi connectivity index (χ1v) is 5.25. The molecule has 2 heteroatoms. The Labute approximate surface area is 83.6 Å². The molecule has 0 spiro atoms. The van der Waals surface area contributed by atoms with E-state index in [0.29, 0.717) is 6.42 Å². The van der Waals surface area contributed by atoms with E-state index in [1.807, 2.05) is 12.1 Å². The molecule has 0 radical (unpaired) electrons. The number of anilines is 1. The Balaban J connectivity index is 1.77. The zero-order valence-corrected chi connectivity index (χ0v) is 8.47. The van der Waals surface area contributed by atoms with Crippen molar-refractivity contribution in [1.82, 2.24) is 0 Å². The summed E-state index contributed by atoms with van der Waals surface area (Å²) in [6.45, 7) is 2.14. The van der Waals surface area contributed by atoms with E-state index < -0.39 is 0 Å². The first-order chi connectivity index (χ1) is 6.81. The fraction of sp³-hybridized carbons (Fsp3) is 0.417. The monoisotopic (exact) mass is 189 g/mol. The molecule has 2 aliphatic rings. The van der Waals surface area contributed by atoms with Crippen LogP contribution in [0.3, 0.4) is 0 Å². The van der Waals surface area contributed by atoms with Gasteiger partial charge in [0.15, 0.2) is 0 Å². The predicted octanol–water partition coefficient (Wildman–Crippen LogP) is 2.81. The Hall–Kier alpha value is -1.31. The van der Waals surface area contributed by atoms with E-state index in [0.717, 1.165) is 24.9 Å². The van der Waals surface area contributed by atoms with Crippen LogP contribution in [-0.4, -0.2) is 5.91 Å². The highest BCUT2D eigenvalue weighted by Crippen LogP contribution is 2.21. The molecule has 74 valence electrons. The highest BCUT2D eigenvalue weighted by atomic mass is 16.1. The third-order valence-corrected chi connectivity index (χ3v) is 2.61. The Morgan fingerprint density at radius 2 is 2.21 bits per heavy atom. The number of nitrogens with one attached hydrogen (secondary N) is 1. The van der Waals surface area contributed by atoms with E-state index in [1.165, 1.54) is 10.4 Å². The van der Waals surface area contributed by atoms with Crippen LogP contribution in [0.15, 0.2) is 18.2 Å². The minimum Gasteiger partial charge on any atom is -0.325 e. The lowest BCUT2D eigenvalue weighted by Crippen LogP contribution is -2.13. The van der Waals surface area contributed by atoms with Crippen molar-refractivity contribution in [3.05, 3.63) is 28.6 Å². The van der Waals surface area contributed by atoms with Crippen molar-refractivity contribution in [2.24, 2.45) is 0 Å². The number of carbonyl (C=O) groups excluding carboxylic acids is 1. The maximum Gasteiger partial charge on any atom is 0.224 e. The molecule has 0 aromatic carbocycles. The van der Waals surface area contributed by atoms with Gasteiger partial charge in [-0.1, -0.05) is 31.9 Å². The summed E-state index contributed by atoms with van der Waals surface area (Å²) in [5.41, 5.74) is 1.00. The van der Waals surface area contributed by atoms with Gasteiger partial charge in [-0.25, -0.2) is 0 Å². The number of hydrogen-bond acceptors (Lipinski definition) is 1. The number of carbonyl (C=O) groups is 1. The van der Waals surface area contributed by atoms with Crippen LogP contribution >= 0.6 is 0 Å². The van der Waals surface area contributed by atoms with Gasteiger partial charge in [0, 0.05) is 17.3 Å². The molecule has 0 atom stereocenters. The van der Waals surface area contributed by atoms with Crippen LogP contribution in [0.5, 0.6) is 0 Å². The fourth-order valence-corrected chi connectivity index (χ4v) is 1.64. The van der Waals surface area contributed by atoms with Crippen molar-refractivity contribution >= 4 is 11.6 Å². The first kappa shape index (κ1) is 9.25. The van der Waals surface area contributed by atoms with Gasteiger partial charge in [-0.3, -0.25) is 4.79 Å². The number of unbranched alkanes of at least 4 members (excludes halogenated alkanes) is 2. The number of amides is 1. The predicted molar refractivity (Wildman–Crippen MR) is 56.9 cm³/mol. The first-order valence-electron chi connectivity index (χ1n) is 5.25. The van der Waals surface area contributed by atoms with Gasteiger partial charge in [-0.2, -0.15) is 0 Å². The second-order valence-electron chi connectivity index (χ2n) is 3.77. The molecule has 2 aliphatic carbocycles. The Morgan fingerprint density at radius 3 is 2.71 bits per heavy atom. The Kier molecular flexibility index (Phi) is 2.53. The van der Waals surface area contributed by atoms with E-state index in [2.05, 4.69) is 18.3 Å². The molecular weight excluding hydrogens is 174 g/mol. The molecule has 14 heavy (non-hydrogen) atoms. The van der Waals surface area contributed by atoms with E-state index in [-0.39, 0.29) is 5.91 Å². The molecule has 0 heterocycles. The fourth-order valence-electron chi connectivity index (χ4n) is 1.64. The molecule has 0 saturated heterocycles. The van der Waals surface area contributed by atoms with Gasteiger partial charge in [0.05, 0.1) is 0 Å². The molecule has 2 rings (SSSR count). The lowest BCUT2D eigenvalue weighted by Gasteiger charge is -2.12. The van der Waals surface area contributed by atoms with Crippen molar-refractivity contribution in [2.45, 2.75) is 32.6 Å². The molecule has 2 nitrogen and oxygen atoms in total. The van der Waals surface area contributed by atoms with Crippen LogP contribution in [0.2, 0.25) is 0 Å². The molecule has 0 saturated carbocycles. The maximum absolute atomic E-state index is 11.4. The van der Waals surface area contributed by atoms with Crippen molar-refractivity contribution in [2.75, 3.05) is 5.32 Å². The standard InChI is InChI=1S/C12H15NO/c1-2-3-4-5-12(14)13-11-8-9-6-7-10(9)11/h6-8H,2-5H2,1H3,(H,13,14). The van der Waals surface area contributed by atoms with E-state index in [4.69, 9.17) is 0 Å². The molecule has 1 N–H and O–H groups in total. The minimum atomic E-state index is 0.150. The van der Waals surface area contributed by atoms with Crippen molar-refractivity contribution in [3.8, 4) is 0 Å². The average Bonchev–Trinajstić information content (AvgIpc) is 2.13. The van der Waals surface area contributed by atoms with Crippen LogP contribution in [0.25, 0.3) is 0 Å². The second-order valence-corrected chi connectivity index (χ2v) is 3.77. The summed E-state index contributed by atoms with van der Waals surface area (Å²) in [5.74, 6) is 0.150. The topological polar surface area (TPSA) is 29.1 Å². The van der Waals surface area contributed by atoms with E-state index >= 15 is 0 Å². The summed E-state index contributed by atoms with van der Waals surface area (Å²) in [6.07, 6.45) is 3.95. The zero-order valence-electron chi connectivity index (χ0n) is 8.47. The highest BCUT2D eigenvalue weighted by molar-refractivity contribution is 5.91. The van der Waals surface area contributed by atoms with Crippen LogP contribution in [-0.2, 0) is 4.79 Å². The zero-order chi connectivity index (χ0) is 9.97. The van der Waals surface area contributed by atoms with Gasteiger partial charge in [-0.15, -0.1) is 0 Å². The summed E-state index contributed by atoms with van der Waals surface area (Å²) < 4.78 is 0. The molecule has 0 bridgehead atoms. The van der Waals surface area contributed by atoms with Crippen LogP contribution in [0.1, 0.15) is 32.6 Å². The van der Waals surface area contributed by atoms with Crippen LogP contribution in [0, 0.1) is 10.4 Å².